The predicted molar refractivity (Wildman–Crippen MR) is 126 cm³/mol. The maximum absolute atomic E-state index is 12.5. The van der Waals surface area contributed by atoms with Crippen LogP contribution >= 0.6 is 23.4 Å². The van der Waals surface area contributed by atoms with Crippen molar-refractivity contribution in [2.45, 2.75) is 18.5 Å². The molecule has 0 spiro atoms. The monoisotopic (exact) mass is 448 g/mol. The van der Waals surface area contributed by atoms with Crippen LogP contribution in [-0.4, -0.2) is 26.4 Å². The lowest BCUT2D eigenvalue weighted by molar-refractivity contribution is -0.113. The Morgan fingerprint density at radius 2 is 1.81 bits per heavy atom. The second-order valence-corrected chi connectivity index (χ2v) is 8.46. The largest absolute Gasteiger partial charge is 0.325 e. The molecule has 1 aromatic heterocycles. The quantitative estimate of drug-likeness (QED) is 0.376. The van der Waals surface area contributed by atoms with Crippen molar-refractivity contribution < 1.29 is 4.79 Å². The summed E-state index contributed by atoms with van der Waals surface area (Å²) in [4.78, 5) is 12.5. The number of benzene rings is 3. The molecule has 4 aromatic rings. The standard InChI is InChI=1S/C24H21ClN4OS/c1-17-7-5-12-21(13-17)29-22(14-18-8-3-2-4-9-18)27-28-24(29)31-16-23(30)26-20-11-6-10-19(25)15-20/h2-13,15H,14,16H2,1H3,(H,26,30). The molecule has 0 radical (unpaired) electrons. The van der Waals surface area contributed by atoms with E-state index < -0.39 is 0 Å². The van der Waals surface area contributed by atoms with Crippen LogP contribution in [0.2, 0.25) is 5.02 Å². The Kier molecular flexibility index (Phi) is 6.70. The number of hydrogen-bond acceptors (Lipinski definition) is 4. The van der Waals surface area contributed by atoms with Crippen molar-refractivity contribution in [2.24, 2.45) is 0 Å². The van der Waals surface area contributed by atoms with Crippen LogP contribution in [0.1, 0.15) is 17.0 Å². The molecular formula is C24H21ClN4OS. The number of nitrogens with one attached hydrogen (secondary N) is 1. The van der Waals surface area contributed by atoms with E-state index >= 15 is 0 Å². The Morgan fingerprint density at radius 1 is 1.00 bits per heavy atom. The third-order valence-electron chi connectivity index (χ3n) is 4.61. The second kappa shape index (κ2) is 9.81. The summed E-state index contributed by atoms with van der Waals surface area (Å²) in [6, 6.07) is 25.4. The zero-order chi connectivity index (χ0) is 21.6. The first-order valence-corrected chi connectivity index (χ1v) is 11.2. The van der Waals surface area contributed by atoms with Crippen LogP contribution in [0.5, 0.6) is 0 Å². The highest BCUT2D eigenvalue weighted by molar-refractivity contribution is 7.99. The van der Waals surface area contributed by atoms with Gasteiger partial charge in [0, 0.05) is 22.8 Å². The van der Waals surface area contributed by atoms with E-state index in [1.165, 1.54) is 11.8 Å². The van der Waals surface area contributed by atoms with E-state index in [1.807, 2.05) is 41.0 Å². The lowest BCUT2D eigenvalue weighted by Crippen LogP contribution is -2.14. The van der Waals surface area contributed by atoms with Gasteiger partial charge >= 0.3 is 0 Å². The van der Waals surface area contributed by atoms with E-state index in [1.54, 1.807) is 18.2 Å². The summed E-state index contributed by atoms with van der Waals surface area (Å²) in [5.74, 6) is 0.909. The zero-order valence-corrected chi connectivity index (χ0v) is 18.5. The Bertz CT molecular complexity index is 1190. The van der Waals surface area contributed by atoms with Gasteiger partial charge in [0.15, 0.2) is 5.16 Å². The molecular weight excluding hydrogens is 428 g/mol. The molecule has 0 unspecified atom stereocenters. The van der Waals surface area contributed by atoms with E-state index in [9.17, 15) is 4.79 Å². The van der Waals surface area contributed by atoms with Crippen molar-refractivity contribution in [1.29, 1.82) is 0 Å². The van der Waals surface area contributed by atoms with Crippen molar-refractivity contribution in [1.82, 2.24) is 14.8 Å². The SMILES string of the molecule is Cc1cccc(-n2c(Cc3ccccc3)nnc2SCC(=O)Nc2cccc(Cl)c2)c1. The van der Waals surface area contributed by atoms with Crippen LogP contribution in [0.3, 0.4) is 0 Å². The molecule has 3 aromatic carbocycles. The zero-order valence-electron chi connectivity index (χ0n) is 17.0. The maximum atomic E-state index is 12.5. The summed E-state index contributed by atoms with van der Waals surface area (Å²) in [5.41, 5.74) is 3.95. The summed E-state index contributed by atoms with van der Waals surface area (Å²) in [5, 5.41) is 12.9. The smallest absolute Gasteiger partial charge is 0.234 e. The van der Waals surface area contributed by atoms with Gasteiger partial charge in [-0.25, -0.2) is 0 Å². The number of amides is 1. The van der Waals surface area contributed by atoms with Crippen molar-refractivity contribution in [3.63, 3.8) is 0 Å². The van der Waals surface area contributed by atoms with E-state index in [-0.39, 0.29) is 11.7 Å². The van der Waals surface area contributed by atoms with E-state index in [0.717, 1.165) is 22.6 Å². The lowest BCUT2D eigenvalue weighted by atomic mass is 10.1. The van der Waals surface area contributed by atoms with Gasteiger partial charge in [0.05, 0.1) is 5.75 Å². The molecule has 156 valence electrons. The topological polar surface area (TPSA) is 59.8 Å². The first-order chi connectivity index (χ1) is 15.1. The molecule has 31 heavy (non-hydrogen) atoms. The Labute approximate surface area is 190 Å². The van der Waals surface area contributed by atoms with Crippen molar-refractivity contribution in [3.05, 3.63) is 101 Å². The minimum absolute atomic E-state index is 0.129. The van der Waals surface area contributed by atoms with E-state index in [0.29, 0.717) is 22.3 Å². The van der Waals surface area contributed by atoms with Crippen LogP contribution in [0, 0.1) is 6.92 Å². The molecule has 0 fully saturated rings. The molecule has 0 atom stereocenters. The normalized spacial score (nSPS) is 10.8. The number of aryl methyl sites for hydroxylation is 1. The van der Waals surface area contributed by atoms with Gasteiger partial charge in [0.1, 0.15) is 5.82 Å². The van der Waals surface area contributed by atoms with Gasteiger partial charge in [-0.1, -0.05) is 71.9 Å². The number of nitrogens with zero attached hydrogens (tertiary/aromatic N) is 3. The van der Waals surface area contributed by atoms with Gasteiger partial charge < -0.3 is 5.32 Å². The molecule has 0 aliphatic rings. The fraction of sp³-hybridized carbons (Fsp3) is 0.125. The predicted octanol–water partition coefficient (Wildman–Crippen LogP) is 5.55. The second-order valence-electron chi connectivity index (χ2n) is 7.08. The van der Waals surface area contributed by atoms with Crippen LogP contribution in [-0.2, 0) is 11.2 Å². The molecule has 0 bridgehead atoms. The minimum atomic E-state index is -0.129. The fourth-order valence-corrected chi connectivity index (χ4v) is 4.17. The highest BCUT2D eigenvalue weighted by Crippen LogP contribution is 2.24. The van der Waals surface area contributed by atoms with Crippen LogP contribution in [0.25, 0.3) is 5.69 Å². The highest BCUT2D eigenvalue weighted by atomic mass is 35.5. The molecule has 7 heteroatoms. The van der Waals surface area contributed by atoms with Crippen molar-refractivity contribution in [2.75, 3.05) is 11.1 Å². The Hall–Kier alpha value is -3.09. The van der Waals surface area contributed by atoms with Crippen LogP contribution in [0.4, 0.5) is 5.69 Å². The third-order valence-corrected chi connectivity index (χ3v) is 5.77. The minimum Gasteiger partial charge on any atom is -0.325 e. The number of halogens is 1. The molecule has 0 saturated heterocycles. The summed E-state index contributed by atoms with van der Waals surface area (Å²) in [6.45, 7) is 2.05. The molecule has 0 saturated carbocycles. The summed E-state index contributed by atoms with van der Waals surface area (Å²) < 4.78 is 2.03. The lowest BCUT2D eigenvalue weighted by Gasteiger charge is -2.11. The average molecular weight is 449 g/mol. The number of carbonyl (C=O) groups is 1. The molecule has 0 aliphatic heterocycles. The maximum Gasteiger partial charge on any atom is 0.234 e. The van der Waals surface area contributed by atoms with E-state index in [2.05, 4.69) is 46.7 Å². The first-order valence-electron chi connectivity index (χ1n) is 9.82. The summed E-state index contributed by atoms with van der Waals surface area (Å²) >= 11 is 7.35. The van der Waals surface area contributed by atoms with Gasteiger partial charge in [-0.15, -0.1) is 10.2 Å². The highest BCUT2D eigenvalue weighted by Gasteiger charge is 2.16. The van der Waals surface area contributed by atoms with Crippen molar-refractivity contribution >= 4 is 35.0 Å². The van der Waals surface area contributed by atoms with Gasteiger partial charge in [0.2, 0.25) is 5.91 Å². The third kappa shape index (κ3) is 5.54. The van der Waals surface area contributed by atoms with Gasteiger partial charge in [-0.2, -0.15) is 0 Å². The van der Waals surface area contributed by atoms with Gasteiger partial charge in [-0.05, 0) is 48.4 Å². The number of hydrogen-bond donors (Lipinski definition) is 1. The molecule has 1 heterocycles. The average Bonchev–Trinajstić information content (AvgIpc) is 3.15. The van der Waals surface area contributed by atoms with Crippen molar-refractivity contribution in [3.8, 4) is 5.69 Å². The van der Waals surface area contributed by atoms with E-state index in [4.69, 9.17) is 11.6 Å². The molecule has 1 amide bonds. The molecule has 1 N–H and O–H groups in total. The molecule has 5 nitrogen and oxygen atoms in total. The van der Waals surface area contributed by atoms with Crippen LogP contribution < -0.4 is 5.32 Å². The number of carbonyl (C=O) groups excluding carboxylic acids is 1. The molecule has 0 aliphatic carbocycles. The van der Waals surface area contributed by atoms with Gasteiger partial charge in [-0.3, -0.25) is 9.36 Å². The molecule has 4 rings (SSSR count). The summed E-state index contributed by atoms with van der Waals surface area (Å²) in [7, 11) is 0. The fourth-order valence-electron chi connectivity index (χ4n) is 3.21. The summed E-state index contributed by atoms with van der Waals surface area (Å²) in [6.07, 6.45) is 0.650. The number of aromatic nitrogens is 3. The first kappa shape index (κ1) is 21.2. The van der Waals surface area contributed by atoms with Gasteiger partial charge in [0.25, 0.3) is 0 Å². The Balaban J connectivity index is 1.56. The van der Waals surface area contributed by atoms with Crippen LogP contribution in [0.15, 0.2) is 84.0 Å². The Morgan fingerprint density at radius 3 is 2.58 bits per heavy atom. The number of anilines is 1. The number of thioether (sulfide) groups is 1. The number of rotatable bonds is 7.